The van der Waals surface area contributed by atoms with Crippen LogP contribution in [0.1, 0.15) is 129 Å². The summed E-state index contributed by atoms with van der Waals surface area (Å²) in [5.41, 5.74) is 0. The van der Waals surface area contributed by atoms with Crippen LogP contribution in [0.15, 0.2) is 12.2 Å². The van der Waals surface area contributed by atoms with Gasteiger partial charge in [0.1, 0.15) is 30.5 Å². The molecule has 0 aromatic rings. The smallest absolute Gasteiger partial charge is 0.394 e. The van der Waals surface area contributed by atoms with Crippen LogP contribution in [0.25, 0.3) is 0 Å². The van der Waals surface area contributed by atoms with Crippen LogP contribution in [-0.2, 0) is 28.9 Å². The van der Waals surface area contributed by atoms with Gasteiger partial charge in [-0.1, -0.05) is 103 Å². The van der Waals surface area contributed by atoms with Crippen molar-refractivity contribution in [3.63, 3.8) is 0 Å². The second-order valence-electron chi connectivity index (χ2n) is 12.6. The van der Waals surface area contributed by atoms with Crippen LogP contribution in [0.4, 0.5) is 0 Å². The normalized spacial score (nSPS) is 24.0. The summed E-state index contributed by atoms with van der Waals surface area (Å²) in [4.78, 5) is 12.8. The van der Waals surface area contributed by atoms with Crippen molar-refractivity contribution >= 4 is 16.3 Å². The number of unbranched alkanes of at least 4 members (excludes halogenated alkanes) is 13. The average molecular weight is 698 g/mol. The molecule has 1 rings (SSSR count). The number of nitrogens with one attached hydrogen (secondary N) is 1. The van der Waals surface area contributed by atoms with Crippen molar-refractivity contribution < 1.29 is 57.0 Å². The number of ether oxygens (including phenoxy) is 2. The van der Waals surface area contributed by atoms with Gasteiger partial charge in [0.25, 0.3) is 0 Å². The Bertz CT molecular complexity index is 937. The second kappa shape index (κ2) is 25.7. The monoisotopic (exact) mass is 697 g/mol. The molecule has 0 radical (unpaired) electrons. The molecule has 0 bridgehead atoms. The summed E-state index contributed by atoms with van der Waals surface area (Å²) in [5, 5.41) is 54.2. The maximum Gasteiger partial charge on any atom is 0.397 e. The summed E-state index contributed by atoms with van der Waals surface area (Å²) >= 11 is 0. The molecule has 0 aromatic heterocycles. The van der Waals surface area contributed by atoms with E-state index in [-0.39, 0.29) is 6.42 Å². The maximum absolute atomic E-state index is 12.8. The van der Waals surface area contributed by atoms with Gasteiger partial charge in [0, 0.05) is 0 Å². The van der Waals surface area contributed by atoms with Gasteiger partial charge in [0.15, 0.2) is 6.29 Å². The van der Waals surface area contributed by atoms with E-state index in [1.54, 1.807) is 0 Å². The molecule has 278 valence electrons. The Kier molecular flexibility index (Phi) is 24.0. The molecule has 47 heavy (non-hydrogen) atoms. The first-order valence-corrected chi connectivity index (χ1v) is 19.0. The molecule has 0 spiro atoms. The fourth-order valence-corrected chi connectivity index (χ4v) is 6.02. The summed E-state index contributed by atoms with van der Waals surface area (Å²) in [5.74, 6) is -0.692. The van der Waals surface area contributed by atoms with Gasteiger partial charge in [-0.25, -0.2) is 4.18 Å². The van der Waals surface area contributed by atoms with Crippen molar-refractivity contribution in [3.05, 3.63) is 12.2 Å². The first-order valence-electron chi connectivity index (χ1n) is 17.7. The van der Waals surface area contributed by atoms with Gasteiger partial charge in [-0.3, -0.25) is 9.35 Å². The Morgan fingerprint density at radius 2 is 1.36 bits per heavy atom. The van der Waals surface area contributed by atoms with Crippen LogP contribution in [-0.4, -0.2) is 107 Å². The molecule has 7 N–H and O–H groups in total. The zero-order valence-electron chi connectivity index (χ0n) is 28.5. The van der Waals surface area contributed by atoms with Crippen LogP contribution in [0, 0.1) is 0 Å². The van der Waals surface area contributed by atoms with Crippen molar-refractivity contribution in [2.24, 2.45) is 0 Å². The molecule has 1 fully saturated rings. The van der Waals surface area contributed by atoms with E-state index in [0.717, 1.165) is 44.9 Å². The number of aliphatic hydroxyl groups is 5. The van der Waals surface area contributed by atoms with E-state index in [1.165, 1.54) is 44.9 Å². The highest BCUT2D eigenvalue weighted by Gasteiger charge is 2.48. The number of carbonyl (C=O) groups is 1. The van der Waals surface area contributed by atoms with Crippen LogP contribution >= 0.6 is 0 Å². The van der Waals surface area contributed by atoms with E-state index < -0.39 is 78.5 Å². The number of allylic oxidation sites excluding steroid dienone is 2. The molecular weight excluding hydrogens is 634 g/mol. The van der Waals surface area contributed by atoms with E-state index in [4.69, 9.17) is 14.0 Å². The lowest BCUT2D eigenvalue weighted by Gasteiger charge is -2.41. The van der Waals surface area contributed by atoms with E-state index in [2.05, 4.69) is 28.6 Å². The van der Waals surface area contributed by atoms with Gasteiger partial charge in [-0.15, -0.1) is 0 Å². The quantitative estimate of drug-likeness (QED) is 0.0356. The Morgan fingerprint density at radius 3 is 1.94 bits per heavy atom. The van der Waals surface area contributed by atoms with Gasteiger partial charge < -0.3 is 40.3 Å². The average Bonchev–Trinajstić information content (AvgIpc) is 3.03. The van der Waals surface area contributed by atoms with Crippen molar-refractivity contribution in [1.29, 1.82) is 0 Å². The number of hydrogen-bond donors (Lipinski definition) is 7. The van der Waals surface area contributed by atoms with Crippen LogP contribution < -0.4 is 5.32 Å². The lowest BCUT2D eigenvalue weighted by molar-refractivity contribution is -0.298. The third kappa shape index (κ3) is 19.5. The molecular formula is C33H63NO12S. The molecule has 1 amide bonds. The molecule has 14 heteroatoms. The first kappa shape index (κ1) is 43.8. The fraction of sp³-hybridized carbons (Fsp3) is 0.909. The fourth-order valence-electron chi connectivity index (χ4n) is 5.52. The van der Waals surface area contributed by atoms with Gasteiger partial charge >= 0.3 is 10.4 Å². The van der Waals surface area contributed by atoms with Gasteiger partial charge in [0.05, 0.1) is 25.4 Å². The Morgan fingerprint density at radius 1 is 0.830 bits per heavy atom. The molecule has 8 unspecified atom stereocenters. The predicted molar refractivity (Wildman–Crippen MR) is 178 cm³/mol. The zero-order chi connectivity index (χ0) is 35.1. The third-order valence-electron chi connectivity index (χ3n) is 8.43. The summed E-state index contributed by atoms with van der Waals surface area (Å²) in [6.45, 7) is 3.01. The molecule has 1 aliphatic heterocycles. The molecule has 13 nitrogen and oxygen atoms in total. The van der Waals surface area contributed by atoms with Crippen molar-refractivity contribution in [2.75, 3.05) is 13.2 Å². The minimum atomic E-state index is -5.09. The van der Waals surface area contributed by atoms with E-state index in [1.807, 2.05) is 6.92 Å². The molecule has 8 atom stereocenters. The van der Waals surface area contributed by atoms with Gasteiger partial charge in [0.2, 0.25) is 5.91 Å². The number of rotatable bonds is 28. The highest BCUT2D eigenvalue weighted by atomic mass is 32.3. The topological polar surface area (TPSA) is 212 Å². The van der Waals surface area contributed by atoms with Crippen LogP contribution in [0.5, 0.6) is 0 Å². The second-order valence-corrected chi connectivity index (χ2v) is 13.6. The maximum atomic E-state index is 12.8. The van der Waals surface area contributed by atoms with E-state index in [9.17, 15) is 38.7 Å². The third-order valence-corrected chi connectivity index (χ3v) is 8.90. The minimum Gasteiger partial charge on any atom is -0.394 e. The highest BCUT2D eigenvalue weighted by molar-refractivity contribution is 7.80. The summed E-state index contributed by atoms with van der Waals surface area (Å²) in [6, 6.07) is -1.03. The Labute approximate surface area is 282 Å². The number of hydrogen-bond acceptors (Lipinski definition) is 11. The minimum absolute atomic E-state index is 0.245. The van der Waals surface area contributed by atoms with Crippen molar-refractivity contribution in [2.45, 2.75) is 178 Å². The zero-order valence-corrected chi connectivity index (χ0v) is 29.3. The standard InChI is InChI=1S/C33H63NO12S/c1-3-5-7-8-9-10-11-12-13-14-15-16-17-18-20-22-27(37)32(40)34-25(26(36)21-19-6-4-2)24-44-33-30(39)31(46-47(41,42)43)29(38)28(23-35)45-33/h13-14,25-31,33,35-39H,3-12,15-24H2,1-2H3,(H,34,40)(H,41,42,43)/b14-13-. The van der Waals surface area contributed by atoms with Crippen LogP contribution in [0.3, 0.4) is 0 Å². The van der Waals surface area contributed by atoms with Gasteiger partial charge in [-0.05, 0) is 38.5 Å². The molecule has 1 aliphatic rings. The van der Waals surface area contributed by atoms with E-state index >= 15 is 0 Å². The van der Waals surface area contributed by atoms with Crippen molar-refractivity contribution in [1.82, 2.24) is 5.32 Å². The van der Waals surface area contributed by atoms with Crippen molar-refractivity contribution in [3.8, 4) is 0 Å². The summed E-state index contributed by atoms with van der Waals surface area (Å²) in [6.07, 6.45) is 11.1. The van der Waals surface area contributed by atoms with E-state index in [0.29, 0.717) is 19.3 Å². The van der Waals surface area contributed by atoms with Crippen LogP contribution in [0.2, 0.25) is 0 Å². The lowest BCUT2D eigenvalue weighted by Crippen LogP contribution is -2.61. The summed E-state index contributed by atoms with van der Waals surface area (Å²) < 4.78 is 46.8. The predicted octanol–water partition coefficient (Wildman–Crippen LogP) is 3.45. The number of carbonyl (C=O) groups excluding carboxylic acids is 1. The number of amides is 1. The molecule has 1 heterocycles. The lowest BCUT2D eigenvalue weighted by atomic mass is 9.99. The Hall–Kier alpha value is -1.20. The Balaban J connectivity index is 2.53. The largest absolute Gasteiger partial charge is 0.397 e. The highest BCUT2D eigenvalue weighted by Crippen LogP contribution is 2.26. The molecule has 0 aromatic carbocycles. The molecule has 0 saturated carbocycles. The molecule has 0 aliphatic carbocycles. The van der Waals surface area contributed by atoms with Gasteiger partial charge in [-0.2, -0.15) is 8.42 Å². The summed E-state index contributed by atoms with van der Waals surface area (Å²) in [7, 11) is -5.09. The number of aliphatic hydroxyl groups excluding tert-OH is 5. The first-order chi connectivity index (χ1) is 22.4. The molecule has 1 saturated heterocycles. The SMILES string of the molecule is CCCCCCCCC/C=C\CCCCCCC(O)C(=O)NC(COC1OC(CO)C(O)C(OS(=O)(=O)O)C1O)C(O)CCCCC.